The largest absolute Gasteiger partial charge is 3.00 e. The molecule has 9 heavy (non-hydrogen) atoms. The van der Waals surface area contributed by atoms with Crippen molar-refractivity contribution >= 4 is 34.7 Å². The van der Waals surface area contributed by atoms with Crippen LogP contribution in [0.25, 0.3) is 0 Å². The van der Waals surface area contributed by atoms with Gasteiger partial charge in [0.05, 0.1) is 0 Å². The van der Waals surface area contributed by atoms with E-state index < -0.39 is 0 Å². The Balaban J connectivity index is 0. The average molecular weight is 176 g/mol. The first-order valence-corrected chi connectivity index (χ1v) is 0. The van der Waals surface area contributed by atoms with Gasteiger partial charge in [-0.25, -0.2) is 0 Å². The minimum Gasteiger partial charge on any atom is -1.00 e. The molecule has 0 aliphatic heterocycles. The molecule has 0 aromatic carbocycles. The van der Waals surface area contributed by atoms with E-state index >= 15 is 0 Å². The Morgan fingerprint density at radius 1 is 0.444 bits per heavy atom. The van der Waals surface area contributed by atoms with Gasteiger partial charge in [-0.3, -0.25) is 0 Å². The molecule has 0 aliphatic rings. The Kier molecular flexibility index (Phi) is 135000. The molecule has 0 rings (SSSR count). The van der Waals surface area contributed by atoms with Crippen molar-refractivity contribution in [2.75, 3.05) is 0 Å². The van der Waals surface area contributed by atoms with Crippen molar-refractivity contribution < 1.29 is 37.6 Å². The Morgan fingerprint density at radius 2 is 0.444 bits per heavy atom. The van der Waals surface area contributed by atoms with Gasteiger partial charge in [-0.05, 0) is 0 Å². The molecule has 0 aromatic heterocycles. The second-order valence-electron chi connectivity index (χ2n) is 0. The zero-order valence-electron chi connectivity index (χ0n) is 4.27. The van der Waals surface area contributed by atoms with Gasteiger partial charge in [0.2, 0.25) is 0 Å². The Hall–Kier alpha value is 0.755. The van der Waals surface area contributed by atoms with Crippen molar-refractivity contribution in [3.8, 4) is 0 Å². The Morgan fingerprint density at radius 3 is 0.444 bits per heavy atom. The summed E-state index contributed by atoms with van der Waals surface area (Å²) in [6.07, 6.45) is 0. The fourth-order valence-electron chi connectivity index (χ4n) is 0. The smallest absolute Gasteiger partial charge is 1.00 e. The van der Waals surface area contributed by atoms with Gasteiger partial charge < -0.3 is 37.6 Å². The second-order valence-corrected chi connectivity index (χ2v) is 0. The van der Waals surface area contributed by atoms with Gasteiger partial charge >= 0.3 is 34.7 Å². The molecule has 7 N–H and O–H groups in total. The molecule has 0 unspecified atom stereocenters. The molecule has 0 radical (unpaired) electrons. The van der Waals surface area contributed by atoms with E-state index in [2.05, 4.69) is 0 Å². The topological polar surface area (TPSA) is 182 Å². The molecular formula is H7Al2FO6. The standard InChI is InChI=1S/2Al.FH.6H2O/h;;1H;6*1H2/q2*+3;;;;;;;/p-6. The SMILES string of the molecule is O.[Al+3].[Al+3].[F-].[OH-].[OH-].[OH-].[OH-].[OH-]. The van der Waals surface area contributed by atoms with E-state index in [-0.39, 0.29) is 72.3 Å². The van der Waals surface area contributed by atoms with Crippen molar-refractivity contribution in [2.45, 2.75) is 0 Å². The van der Waals surface area contributed by atoms with Crippen LogP contribution in [-0.2, 0) is 0 Å². The molecule has 0 aliphatic carbocycles. The number of halogens is 1. The summed E-state index contributed by atoms with van der Waals surface area (Å²) < 4.78 is 0. The van der Waals surface area contributed by atoms with Crippen LogP contribution in [0.15, 0.2) is 0 Å². The van der Waals surface area contributed by atoms with Gasteiger partial charge in [-0.2, -0.15) is 0 Å². The Labute approximate surface area is 72.7 Å². The third-order valence-corrected chi connectivity index (χ3v) is 0. The molecule has 0 amide bonds. The van der Waals surface area contributed by atoms with E-state index in [9.17, 15) is 0 Å². The summed E-state index contributed by atoms with van der Waals surface area (Å²) in [6.45, 7) is 0. The maximum Gasteiger partial charge on any atom is 3.00 e. The quantitative estimate of drug-likeness (QED) is 0.333. The van der Waals surface area contributed by atoms with Crippen molar-refractivity contribution in [1.29, 1.82) is 0 Å². The van der Waals surface area contributed by atoms with E-state index in [0.29, 0.717) is 0 Å². The third kappa shape index (κ3) is 701. The summed E-state index contributed by atoms with van der Waals surface area (Å²) in [6, 6.07) is 0. The van der Waals surface area contributed by atoms with E-state index in [1.807, 2.05) is 0 Å². The minimum absolute atomic E-state index is 0. The molecule has 0 heterocycles. The normalized spacial score (nSPS) is 0. The Bertz CT molecular complexity index is 11.0. The van der Waals surface area contributed by atoms with Crippen LogP contribution < -0.4 is 4.70 Å². The van der Waals surface area contributed by atoms with E-state index in [4.69, 9.17) is 0 Å². The number of rotatable bonds is 0. The predicted octanol–water partition coefficient (Wildman–Crippen LogP) is -5.47. The number of hydrogen-bond acceptors (Lipinski definition) is 5. The maximum absolute atomic E-state index is 0. The average Bonchev–Trinajstić information content (AvgIpc) is 0. The summed E-state index contributed by atoms with van der Waals surface area (Å²) >= 11 is 0. The van der Waals surface area contributed by atoms with Crippen LogP contribution in [0.4, 0.5) is 0 Å². The van der Waals surface area contributed by atoms with Crippen LogP contribution in [0.3, 0.4) is 0 Å². The molecule has 0 aromatic rings. The van der Waals surface area contributed by atoms with E-state index in [1.54, 1.807) is 0 Å². The zero-order chi connectivity index (χ0) is 0. The first-order chi connectivity index (χ1) is 0. The molecule has 0 atom stereocenters. The number of hydrogen-bond donors (Lipinski definition) is 0. The molecule has 0 fully saturated rings. The fourth-order valence-corrected chi connectivity index (χ4v) is 0. The first kappa shape index (κ1) is 1310. The zero-order valence-corrected chi connectivity index (χ0v) is 6.58. The van der Waals surface area contributed by atoms with Crippen molar-refractivity contribution in [2.24, 2.45) is 0 Å². The molecule has 56 valence electrons. The molecular weight excluding hydrogens is 169 g/mol. The molecule has 9 heteroatoms. The van der Waals surface area contributed by atoms with Gasteiger partial charge in [0.15, 0.2) is 0 Å². The van der Waals surface area contributed by atoms with Crippen LogP contribution in [-0.4, -0.2) is 67.6 Å². The van der Waals surface area contributed by atoms with Gasteiger partial charge in [0, 0.05) is 0 Å². The van der Waals surface area contributed by atoms with Gasteiger partial charge in [-0.15, -0.1) is 0 Å². The summed E-state index contributed by atoms with van der Waals surface area (Å²) in [5.41, 5.74) is 0. The van der Waals surface area contributed by atoms with Gasteiger partial charge in [-0.1, -0.05) is 0 Å². The maximum atomic E-state index is 0. The molecule has 0 saturated heterocycles. The van der Waals surface area contributed by atoms with Crippen molar-refractivity contribution in [3.05, 3.63) is 0 Å². The second kappa shape index (κ2) is 924. The van der Waals surface area contributed by atoms with E-state index in [1.165, 1.54) is 0 Å². The van der Waals surface area contributed by atoms with Crippen molar-refractivity contribution in [3.63, 3.8) is 0 Å². The minimum atomic E-state index is 0. The predicted molar refractivity (Wildman–Crippen MR) is 24.8 cm³/mol. The molecule has 0 spiro atoms. The first-order valence-electron chi connectivity index (χ1n) is 0. The van der Waals surface area contributed by atoms with Gasteiger partial charge in [0.1, 0.15) is 0 Å². The summed E-state index contributed by atoms with van der Waals surface area (Å²) in [4.78, 5) is 0. The monoisotopic (exact) mass is 176 g/mol. The molecule has 6 nitrogen and oxygen atoms in total. The van der Waals surface area contributed by atoms with Crippen LogP contribution in [0, 0.1) is 0 Å². The molecule has 0 saturated carbocycles. The van der Waals surface area contributed by atoms with Crippen molar-refractivity contribution in [1.82, 2.24) is 0 Å². The molecule has 0 bridgehead atoms. The summed E-state index contributed by atoms with van der Waals surface area (Å²) in [5.74, 6) is 0. The third-order valence-electron chi connectivity index (χ3n) is 0. The summed E-state index contributed by atoms with van der Waals surface area (Å²) in [7, 11) is 0. The van der Waals surface area contributed by atoms with Crippen LogP contribution in [0.1, 0.15) is 0 Å². The van der Waals surface area contributed by atoms with Crippen LogP contribution >= 0.6 is 0 Å². The summed E-state index contributed by atoms with van der Waals surface area (Å²) in [5, 5.41) is 0. The van der Waals surface area contributed by atoms with E-state index in [0.717, 1.165) is 0 Å². The van der Waals surface area contributed by atoms with Crippen LogP contribution in [0.2, 0.25) is 0 Å². The fraction of sp³-hybridized carbons (Fsp3) is 0. The van der Waals surface area contributed by atoms with Gasteiger partial charge in [0.25, 0.3) is 0 Å². The van der Waals surface area contributed by atoms with Crippen LogP contribution in [0.5, 0.6) is 0 Å².